The maximum absolute atomic E-state index is 12.6. The highest BCUT2D eigenvalue weighted by Crippen LogP contribution is 2.27. The Morgan fingerprint density at radius 1 is 1.17 bits per heavy atom. The molecule has 2 rings (SSSR count). The third kappa shape index (κ3) is 10.8. The predicted molar refractivity (Wildman–Crippen MR) is 144 cm³/mol. The SMILES string of the molecule is CC(C)C[C@H](NC(=O)CNC(=O)CN)C(=O)NCCC(=O)NCC#Cc1cn([C@H]2C[C@H](O)[C@@H](CO)O2)c(=O)[nH]c1=O. The van der Waals surface area contributed by atoms with E-state index in [1.807, 2.05) is 13.8 Å². The number of hydrogen-bond donors (Lipinski definition) is 8. The van der Waals surface area contributed by atoms with Crippen molar-refractivity contribution >= 4 is 23.6 Å². The van der Waals surface area contributed by atoms with Gasteiger partial charge in [-0.1, -0.05) is 25.7 Å². The fraction of sp³-hybridized carbons (Fsp3) is 0.600. The van der Waals surface area contributed by atoms with Gasteiger partial charge in [-0.05, 0) is 12.3 Å². The first-order valence-corrected chi connectivity index (χ1v) is 13.0. The van der Waals surface area contributed by atoms with Gasteiger partial charge in [0.1, 0.15) is 23.9 Å². The number of nitrogens with two attached hydrogens (primary N) is 1. The fourth-order valence-corrected chi connectivity index (χ4v) is 3.83. The van der Waals surface area contributed by atoms with Crippen molar-refractivity contribution in [2.24, 2.45) is 11.7 Å². The van der Waals surface area contributed by atoms with Crippen molar-refractivity contribution < 1.29 is 34.1 Å². The summed E-state index contributed by atoms with van der Waals surface area (Å²) >= 11 is 0. The zero-order valence-electron chi connectivity index (χ0n) is 22.9. The Morgan fingerprint density at radius 2 is 1.90 bits per heavy atom. The van der Waals surface area contributed by atoms with Gasteiger partial charge in [0.2, 0.25) is 23.6 Å². The number of aliphatic hydroxyl groups is 2. The van der Waals surface area contributed by atoms with Crippen molar-refractivity contribution in [3.63, 3.8) is 0 Å². The summed E-state index contributed by atoms with van der Waals surface area (Å²) in [5.41, 5.74) is 3.60. The first-order chi connectivity index (χ1) is 19.4. The summed E-state index contributed by atoms with van der Waals surface area (Å²) < 4.78 is 6.50. The molecule has 1 aliphatic rings. The summed E-state index contributed by atoms with van der Waals surface area (Å²) in [5, 5.41) is 29.1. The number of amides is 4. The second kappa shape index (κ2) is 16.3. The van der Waals surface area contributed by atoms with E-state index in [9.17, 15) is 39.0 Å². The van der Waals surface area contributed by atoms with Crippen molar-refractivity contribution in [3.8, 4) is 11.8 Å². The lowest BCUT2D eigenvalue weighted by molar-refractivity contribution is -0.130. The van der Waals surface area contributed by atoms with Crippen LogP contribution in [-0.2, 0) is 23.9 Å². The van der Waals surface area contributed by atoms with Crippen molar-refractivity contribution in [3.05, 3.63) is 32.6 Å². The average molecular weight is 580 g/mol. The van der Waals surface area contributed by atoms with E-state index in [-0.39, 0.29) is 50.5 Å². The van der Waals surface area contributed by atoms with Crippen LogP contribution in [0.15, 0.2) is 15.8 Å². The molecule has 1 aliphatic heterocycles. The summed E-state index contributed by atoms with van der Waals surface area (Å²) in [5.74, 6) is 3.27. The molecule has 16 heteroatoms. The molecule has 4 atom stereocenters. The fourth-order valence-electron chi connectivity index (χ4n) is 3.83. The predicted octanol–water partition coefficient (Wildman–Crippen LogP) is -4.24. The van der Waals surface area contributed by atoms with Crippen LogP contribution < -0.4 is 38.2 Å². The Bertz CT molecular complexity index is 1260. The van der Waals surface area contributed by atoms with Crippen LogP contribution in [0.4, 0.5) is 0 Å². The lowest BCUT2D eigenvalue weighted by Crippen LogP contribution is -2.50. The van der Waals surface area contributed by atoms with Gasteiger partial charge in [0.15, 0.2) is 0 Å². The number of hydrogen-bond acceptors (Lipinski definition) is 10. The molecular weight excluding hydrogens is 542 g/mol. The number of carbonyl (C=O) groups is 4. The first-order valence-electron chi connectivity index (χ1n) is 13.0. The number of carbonyl (C=O) groups excluding carboxylic acids is 4. The Morgan fingerprint density at radius 3 is 2.54 bits per heavy atom. The van der Waals surface area contributed by atoms with Crippen molar-refractivity contribution in [2.45, 2.75) is 57.6 Å². The van der Waals surface area contributed by atoms with Gasteiger partial charge in [0, 0.05) is 25.6 Å². The Balaban J connectivity index is 1.84. The molecule has 2 heterocycles. The van der Waals surface area contributed by atoms with Crippen LogP contribution in [0, 0.1) is 17.8 Å². The second-order valence-electron chi connectivity index (χ2n) is 9.67. The number of aliphatic hydroxyl groups excluding tert-OH is 2. The molecule has 0 spiro atoms. The number of rotatable bonds is 13. The zero-order valence-corrected chi connectivity index (χ0v) is 22.9. The maximum Gasteiger partial charge on any atom is 0.330 e. The van der Waals surface area contributed by atoms with Crippen LogP contribution >= 0.6 is 0 Å². The Hall–Kier alpha value is -4.04. The standard InChI is InChI=1S/C25H37N7O9/c1-14(2)8-16(30-21(37)11-29-20(36)10-26)24(39)28-7-5-19(35)27-6-3-4-15-12-32(25(40)31-23(15)38)22-9-17(34)18(13-33)41-22/h12,14,16-18,22,33-34H,5-11,13,26H2,1-2H3,(H,27,35)(H,28,39)(H,29,36)(H,30,37)(H,31,38,40)/t16-,17-,18+,22+/m0/s1. The van der Waals surface area contributed by atoms with E-state index in [0.29, 0.717) is 6.42 Å². The summed E-state index contributed by atoms with van der Waals surface area (Å²) in [6, 6.07) is -0.861. The minimum atomic E-state index is -0.978. The van der Waals surface area contributed by atoms with E-state index >= 15 is 0 Å². The Kier molecular flexibility index (Phi) is 13.2. The molecule has 226 valence electrons. The molecule has 9 N–H and O–H groups in total. The molecule has 0 radical (unpaired) electrons. The lowest BCUT2D eigenvalue weighted by atomic mass is 10.0. The summed E-state index contributed by atoms with van der Waals surface area (Å²) in [7, 11) is 0. The molecule has 41 heavy (non-hydrogen) atoms. The van der Waals surface area contributed by atoms with Gasteiger partial charge in [0.05, 0.1) is 32.3 Å². The number of aromatic amines is 1. The van der Waals surface area contributed by atoms with Gasteiger partial charge < -0.3 is 42.0 Å². The van der Waals surface area contributed by atoms with E-state index in [2.05, 4.69) is 38.1 Å². The number of H-pyrrole nitrogens is 1. The molecule has 1 aromatic heterocycles. The van der Waals surface area contributed by atoms with Gasteiger partial charge in [-0.3, -0.25) is 33.5 Å². The molecule has 0 unspecified atom stereocenters. The smallest absolute Gasteiger partial charge is 0.330 e. The van der Waals surface area contributed by atoms with Crippen LogP contribution in [0.3, 0.4) is 0 Å². The van der Waals surface area contributed by atoms with Gasteiger partial charge in [-0.2, -0.15) is 0 Å². The molecule has 0 aromatic carbocycles. The summed E-state index contributed by atoms with van der Waals surface area (Å²) in [6.07, 6.45) is -1.26. The minimum Gasteiger partial charge on any atom is -0.394 e. The quantitative estimate of drug-likeness (QED) is 0.105. The van der Waals surface area contributed by atoms with Crippen molar-refractivity contribution in [1.82, 2.24) is 30.8 Å². The lowest BCUT2D eigenvalue weighted by Gasteiger charge is -2.20. The van der Waals surface area contributed by atoms with Crippen LogP contribution in [0.2, 0.25) is 0 Å². The average Bonchev–Trinajstić information content (AvgIpc) is 3.30. The largest absolute Gasteiger partial charge is 0.394 e. The number of nitrogens with one attached hydrogen (secondary N) is 5. The first kappa shape index (κ1) is 33.2. The molecule has 0 saturated carbocycles. The number of aromatic nitrogens is 2. The number of nitrogens with zero attached hydrogens (tertiary/aromatic N) is 1. The maximum atomic E-state index is 12.6. The zero-order chi connectivity index (χ0) is 30.5. The van der Waals surface area contributed by atoms with Crippen molar-refractivity contribution in [2.75, 3.05) is 32.8 Å². The van der Waals surface area contributed by atoms with E-state index in [4.69, 9.17) is 10.5 Å². The topological polar surface area (TPSA) is 247 Å². The number of ether oxygens (including phenoxy) is 1. The normalized spacial score (nSPS) is 18.6. The van der Waals surface area contributed by atoms with Crippen LogP contribution in [0.1, 0.15) is 44.9 Å². The van der Waals surface area contributed by atoms with Crippen molar-refractivity contribution in [1.29, 1.82) is 0 Å². The molecule has 1 saturated heterocycles. The van der Waals surface area contributed by atoms with Gasteiger partial charge in [0.25, 0.3) is 5.56 Å². The molecular formula is C25H37N7O9. The third-order valence-corrected chi connectivity index (χ3v) is 5.90. The van der Waals surface area contributed by atoms with E-state index in [0.717, 1.165) is 4.57 Å². The molecule has 1 fully saturated rings. The minimum absolute atomic E-state index is 0.0147. The van der Waals surface area contributed by atoms with E-state index < -0.39 is 66.0 Å². The molecule has 4 amide bonds. The highest BCUT2D eigenvalue weighted by Gasteiger charge is 2.35. The molecule has 0 aliphatic carbocycles. The van der Waals surface area contributed by atoms with Crippen LogP contribution in [0.5, 0.6) is 0 Å². The monoisotopic (exact) mass is 579 g/mol. The summed E-state index contributed by atoms with van der Waals surface area (Å²) in [6.45, 7) is 2.58. The molecule has 16 nitrogen and oxygen atoms in total. The van der Waals surface area contributed by atoms with Crippen LogP contribution in [-0.4, -0.2) is 94.4 Å². The molecule has 1 aromatic rings. The van der Waals surface area contributed by atoms with Gasteiger partial charge in [-0.25, -0.2) is 4.79 Å². The molecule has 0 bridgehead atoms. The second-order valence-corrected chi connectivity index (χ2v) is 9.67. The summed E-state index contributed by atoms with van der Waals surface area (Å²) in [4.78, 5) is 74.4. The van der Waals surface area contributed by atoms with E-state index in [1.54, 1.807) is 0 Å². The van der Waals surface area contributed by atoms with Gasteiger partial charge in [-0.15, -0.1) is 0 Å². The highest BCUT2D eigenvalue weighted by atomic mass is 16.5. The highest BCUT2D eigenvalue weighted by molar-refractivity contribution is 5.90. The third-order valence-electron chi connectivity index (χ3n) is 5.90. The van der Waals surface area contributed by atoms with E-state index in [1.165, 1.54) is 6.20 Å². The van der Waals surface area contributed by atoms with Gasteiger partial charge >= 0.3 is 5.69 Å². The Labute approximate surface area is 235 Å². The van der Waals surface area contributed by atoms with Crippen LogP contribution in [0.25, 0.3) is 0 Å².